The van der Waals surface area contributed by atoms with Crippen LogP contribution in [-0.4, -0.2) is 88.3 Å². The highest BCUT2D eigenvalue weighted by atomic mass is 35.5. The van der Waals surface area contributed by atoms with Crippen molar-refractivity contribution in [2.75, 3.05) is 32.8 Å². The first-order chi connectivity index (χ1) is 20.2. The highest BCUT2D eigenvalue weighted by molar-refractivity contribution is 7.11. The maximum atomic E-state index is 15.4. The van der Waals surface area contributed by atoms with E-state index in [0.717, 1.165) is 11.0 Å². The summed E-state index contributed by atoms with van der Waals surface area (Å²) in [6.45, 7) is 3.06. The number of aliphatic carboxylic acids is 1. The Balaban J connectivity index is 1.56. The number of aromatic nitrogens is 1. The van der Waals surface area contributed by atoms with Gasteiger partial charge in [-0.1, -0.05) is 23.7 Å². The number of carboxylic acid groups (broad SMARTS) is 1. The number of benzene rings is 1. The van der Waals surface area contributed by atoms with E-state index >= 15 is 8.78 Å². The lowest BCUT2D eigenvalue weighted by Crippen LogP contribution is -2.45. The number of halogens is 4. The number of thiazole rings is 1. The van der Waals surface area contributed by atoms with Gasteiger partial charge in [0.15, 0.2) is 10.8 Å². The third-order valence-electron chi connectivity index (χ3n) is 7.77. The minimum Gasteiger partial charge on any atom is -0.481 e. The number of alkyl halides is 2. The van der Waals surface area contributed by atoms with Crippen LogP contribution < -0.4 is 5.32 Å². The third-order valence-corrected chi connectivity index (χ3v) is 8.95. The van der Waals surface area contributed by atoms with Crippen LogP contribution in [0.5, 0.6) is 0 Å². The first-order valence-electron chi connectivity index (χ1n) is 13.5. The number of aliphatic imine (C=N–C) groups is 1. The predicted molar refractivity (Wildman–Crippen MR) is 151 cm³/mol. The minimum atomic E-state index is -3.42. The van der Waals surface area contributed by atoms with Gasteiger partial charge in [-0.25, -0.2) is 22.9 Å². The molecule has 3 aliphatic heterocycles. The van der Waals surface area contributed by atoms with E-state index in [1.54, 1.807) is 18.5 Å². The molecule has 1 aromatic carbocycles. The average Bonchev–Trinajstić information content (AvgIpc) is 3.63. The van der Waals surface area contributed by atoms with E-state index in [2.05, 4.69) is 15.3 Å². The fraction of sp³-hybridized carbons (Fsp3) is 0.464. The van der Waals surface area contributed by atoms with Crippen LogP contribution in [0.15, 0.2) is 46.0 Å². The second-order valence-corrected chi connectivity index (χ2v) is 12.5. The molecule has 0 bridgehead atoms. The van der Waals surface area contributed by atoms with Gasteiger partial charge in [0.05, 0.1) is 29.2 Å². The van der Waals surface area contributed by atoms with E-state index in [1.165, 1.54) is 42.2 Å². The Kier molecular flexibility index (Phi) is 8.31. The normalized spacial score (nSPS) is 23.7. The molecule has 3 unspecified atom stereocenters. The molecule has 0 radical (unpaired) electrons. The smallest absolute Gasteiger partial charge is 0.338 e. The lowest BCUT2D eigenvalue weighted by Gasteiger charge is -2.32. The molecule has 0 spiro atoms. The number of fused-ring (bicyclic) bond motifs is 1. The Bertz CT molecular complexity index is 1520. The molecular formula is C28H29ClF3N5O5S. The maximum absolute atomic E-state index is 15.4. The van der Waals surface area contributed by atoms with Crippen LogP contribution in [0.1, 0.15) is 37.4 Å². The van der Waals surface area contributed by atoms with E-state index in [-0.39, 0.29) is 53.9 Å². The van der Waals surface area contributed by atoms with Gasteiger partial charge in [0.2, 0.25) is 5.91 Å². The number of carbonyl (C=O) groups is 3. The standard InChI is InChI=1S/C28H29ClF3N5O5S/c1-4-42-25(39)18-16(34-22(23-33-8-9-43-23)35-21(18)14-6-5-7-15(30)20(14)29)10-36-13-28(31,32)19-17(36)11-37(24(19)38)12-27(2,3)26(40)41/h5-9,17,19,21H,4,10-13H2,1-3H3,(H,34,35)(H,40,41). The Morgan fingerprint density at radius 1 is 1.33 bits per heavy atom. The molecule has 43 heavy (non-hydrogen) atoms. The Hall–Kier alpha value is -3.49. The number of hydrogen-bond acceptors (Lipinski definition) is 9. The van der Waals surface area contributed by atoms with Crippen LogP contribution in [0, 0.1) is 17.2 Å². The molecule has 0 saturated carbocycles. The van der Waals surface area contributed by atoms with Crippen molar-refractivity contribution in [3.63, 3.8) is 0 Å². The van der Waals surface area contributed by atoms with Gasteiger partial charge in [0, 0.05) is 48.5 Å². The molecule has 3 atom stereocenters. The summed E-state index contributed by atoms with van der Waals surface area (Å²) >= 11 is 7.57. The molecular weight excluding hydrogens is 611 g/mol. The number of carbonyl (C=O) groups excluding carboxylic acids is 2. The molecule has 4 heterocycles. The second kappa shape index (κ2) is 11.5. The summed E-state index contributed by atoms with van der Waals surface area (Å²) in [5.41, 5.74) is -1.07. The van der Waals surface area contributed by atoms with Crippen LogP contribution in [-0.2, 0) is 19.1 Å². The van der Waals surface area contributed by atoms with Crippen molar-refractivity contribution in [3.05, 3.63) is 62.5 Å². The number of likely N-dealkylation sites (tertiary alicyclic amines) is 2. The summed E-state index contributed by atoms with van der Waals surface area (Å²) in [7, 11) is 0. The number of rotatable bonds is 9. The topological polar surface area (TPSA) is 124 Å². The number of amides is 1. The second-order valence-electron chi connectivity index (χ2n) is 11.2. The van der Waals surface area contributed by atoms with Crippen LogP contribution >= 0.6 is 22.9 Å². The Labute approximate surface area is 254 Å². The summed E-state index contributed by atoms with van der Waals surface area (Å²) in [4.78, 5) is 49.7. The zero-order chi connectivity index (χ0) is 31.3. The van der Waals surface area contributed by atoms with Gasteiger partial charge in [-0.2, -0.15) is 0 Å². The molecule has 230 valence electrons. The monoisotopic (exact) mass is 639 g/mol. The number of hydrogen-bond donors (Lipinski definition) is 2. The highest BCUT2D eigenvalue weighted by Gasteiger charge is 2.63. The van der Waals surface area contributed by atoms with Crippen molar-refractivity contribution < 1.29 is 37.4 Å². The molecule has 2 fully saturated rings. The molecule has 2 N–H and O–H groups in total. The fourth-order valence-corrected chi connectivity index (χ4v) is 6.51. The summed E-state index contributed by atoms with van der Waals surface area (Å²) in [5.74, 6) is -8.39. The van der Waals surface area contributed by atoms with Crippen LogP contribution in [0.3, 0.4) is 0 Å². The molecule has 10 nitrogen and oxygen atoms in total. The van der Waals surface area contributed by atoms with Gasteiger partial charge in [-0.05, 0) is 26.8 Å². The van der Waals surface area contributed by atoms with E-state index in [9.17, 15) is 23.9 Å². The van der Waals surface area contributed by atoms with Gasteiger partial charge >= 0.3 is 11.9 Å². The van der Waals surface area contributed by atoms with Crippen molar-refractivity contribution in [2.45, 2.75) is 38.8 Å². The van der Waals surface area contributed by atoms with Crippen molar-refractivity contribution >= 4 is 46.6 Å². The largest absolute Gasteiger partial charge is 0.481 e. The van der Waals surface area contributed by atoms with Crippen molar-refractivity contribution in [2.24, 2.45) is 16.3 Å². The van der Waals surface area contributed by atoms with Gasteiger partial charge in [-0.15, -0.1) is 11.3 Å². The van der Waals surface area contributed by atoms with E-state index in [4.69, 9.17) is 16.3 Å². The van der Waals surface area contributed by atoms with Gasteiger partial charge in [0.1, 0.15) is 17.8 Å². The van der Waals surface area contributed by atoms with Gasteiger partial charge in [-0.3, -0.25) is 19.5 Å². The maximum Gasteiger partial charge on any atom is 0.338 e. The number of nitrogens with zero attached hydrogens (tertiary/aromatic N) is 4. The lowest BCUT2D eigenvalue weighted by atomic mass is 9.93. The molecule has 0 aliphatic carbocycles. The fourth-order valence-electron chi connectivity index (χ4n) is 5.70. The summed E-state index contributed by atoms with van der Waals surface area (Å²) < 4.78 is 50.7. The van der Waals surface area contributed by atoms with Crippen molar-refractivity contribution in [1.82, 2.24) is 20.1 Å². The van der Waals surface area contributed by atoms with Crippen LogP contribution in [0.2, 0.25) is 5.02 Å². The van der Waals surface area contributed by atoms with Crippen molar-refractivity contribution in [1.29, 1.82) is 0 Å². The van der Waals surface area contributed by atoms with Gasteiger partial charge in [0.25, 0.3) is 5.92 Å². The predicted octanol–water partition coefficient (Wildman–Crippen LogP) is 3.73. The van der Waals surface area contributed by atoms with E-state index < -0.39 is 59.5 Å². The zero-order valence-electron chi connectivity index (χ0n) is 23.4. The zero-order valence-corrected chi connectivity index (χ0v) is 25.0. The number of nitrogens with one attached hydrogen (secondary N) is 1. The van der Waals surface area contributed by atoms with Crippen molar-refractivity contribution in [3.8, 4) is 0 Å². The number of esters is 1. The SMILES string of the molecule is CCOC(=O)C1=C(CN2CC(F)(F)C3C(=O)N(CC(C)(C)C(=O)O)CC32)NC(c2nccs2)=NC1c1cccc(F)c1Cl. The lowest BCUT2D eigenvalue weighted by molar-refractivity contribution is -0.150. The highest BCUT2D eigenvalue weighted by Crippen LogP contribution is 2.45. The van der Waals surface area contributed by atoms with Crippen LogP contribution in [0.25, 0.3) is 0 Å². The number of carboxylic acids is 1. The average molecular weight is 640 g/mol. The molecule has 2 saturated heterocycles. The summed E-state index contributed by atoms with van der Waals surface area (Å²) in [6, 6.07) is 1.97. The molecule has 1 amide bonds. The molecule has 5 rings (SSSR count). The van der Waals surface area contributed by atoms with E-state index in [1.807, 2.05) is 0 Å². The Morgan fingerprint density at radius 3 is 2.72 bits per heavy atom. The van der Waals surface area contributed by atoms with Gasteiger partial charge < -0.3 is 20.1 Å². The summed E-state index contributed by atoms with van der Waals surface area (Å²) in [5, 5.41) is 14.5. The first-order valence-corrected chi connectivity index (χ1v) is 14.7. The quantitative estimate of drug-likeness (QED) is 0.398. The summed E-state index contributed by atoms with van der Waals surface area (Å²) in [6.07, 6.45) is 1.54. The molecule has 1 aromatic heterocycles. The molecule has 3 aliphatic rings. The Morgan fingerprint density at radius 2 is 2.07 bits per heavy atom. The third kappa shape index (κ3) is 5.75. The van der Waals surface area contributed by atoms with Crippen LogP contribution in [0.4, 0.5) is 13.2 Å². The molecule has 2 aromatic rings. The minimum absolute atomic E-state index is 0.00240. The first kappa shape index (κ1) is 31.0. The number of ether oxygens (including phenoxy) is 1. The van der Waals surface area contributed by atoms with E-state index in [0.29, 0.717) is 5.01 Å². The molecule has 15 heteroatoms. The number of amidine groups is 1.